The second kappa shape index (κ2) is 8.44. The van der Waals surface area contributed by atoms with Crippen molar-refractivity contribution in [3.05, 3.63) is 63.7 Å². The van der Waals surface area contributed by atoms with Crippen molar-refractivity contribution >= 4 is 28.9 Å². The standard InChI is InChI=1S/C18H16N4O5/c1-11(17(23)21-13-5-3-12(10-19)4-6-13)27-18(24)15-9-14(22(25)26)7-8-16(15)20-2/h3-9,11,20H,1-2H3,(H,21,23)/t11-/m0/s1. The molecule has 0 aliphatic heterocycles. The number of anilines is 2. The zero-order valence-corrected chi connectivity index (χ0v) is 14.6. The van der Waals surface area contributed by atoms with E-state index in [1.54, 1.807) is 19.2 Å². The predicted molar refractivity (Wildman–Crippen MR) is 97.3 cm³/mol. The van der Waals surface area contributed by atoms with E-state index < -0.39 is 22.9 Å². The van der Waals surface area contributed by atoms with E-state index in [0.717, 1.165) is 6.07 Å². The van der Waals surface area contributed by atoms with E-state index in [4.69, 9.17) is 10.00 Å². The number of benzene rings is 2. The molecule has 0 bridgehead atoms. The van der Waals surface area contributed by atoms with E-state index in [1.165, 1.54) is 31.2 Å². The fraction of sp³-hybridized carbons (Fsp3) is 0.167. The first-order chi connectivity index (χ1) is 12.8. The molecule has 0 unspecified atom stereocenters. The van der Waals surface area contributed by atoms with Crippen LogP contribution in [0.3, 0.4) is 0 Å². The lowest BCUT2D eigenvalue weighted by atomic mass is 10.1. The van der Waals surface area contributed by atoms with Gasteiger partial charge in [-0.3, -0.25) is 14.9 Å². The molecule has 27 heavy (non-hydrogen) atoms. The Morgan fingerprint density at radius 1 is 1.22 bits per heavy atom. The minimum Gasteiger partial charge on any atom is -0.449 e. The van der Waals surface area contributed by atoms with Crippen molar-refractivity contribution in [1.29, 1.82) is 5.26 Å². The van der Waals surface area contributed by atoms with Crippen LogP contribution in [0.15, 0.2) is 42.5 Å². The van der Waals surface area contributed by atoms with Crippen LogP contribution < -0.4 is 10.6 Å². The first-order valence-electron chi connectivity index (χ1n) is 7.84. The maximum absolute atomic E-state index is 12.3. The number of nitrogens with one attached hydrogen (secondary N) is 2. The molecule has 138 valence electrons. The normalized spacial score (nSPS) is 11.0. The van der Waals surface area contributed by atoms with Crippen LogP contribution in [0, 0.1) is 21.4 Å². The van der Waals surface area contributed by atoms with Gasteiger partial charge in [0, 0.05) is 30.6 Å². The minimum atomic E-state index is -1.14. The van der Waals surface area contributed by atoms with Crippen molar-refractivity contribution in [2.45, 2.75) is 13.0 Å². The molecule has 0 fully saturated rings. The average molecular weight is 368 g/mol. The monoisotopic (exact) mass is 368 g/mol. The third kappa shape index (κ3) is 4.79. The van der Waals surface area contributed by atoms with Gasteiger partial charge in [-0.15, -0.1) is 0 Å². The third-order valence-corrected chi connectivity index (χ3v) is 3.64. The van der Waals surface area contributed by atoms with Crippen molar-refractivity contribution < 1.29 is 19.2 Å². The Hall–Kier alpha value is -3.93. The Kier molecular flexibility index (Phi) is 6.06. The van der Waals surface area contributed by atoms with Crippen LogP contribution in [0.5, 0.6) is 0 Å². The summed E-state index contributed by atoms with van der Waals surface area (Å²) in [6, 6.07) is 11.8. The van der Waals surface area contributed by atoms with Crippen LogP contribution in [0.4, 0.5) is 17.1 Å². The van der Waals surface area contributed by atoms with Crippen LogP contribution in [-0.2, 0) is 9.53 Å². The first-order valence-corrected chi connectivity index (χ1v) is 7.84. The number of carbonyl (C=O) groups excluding carboxylic acids is 2. The molecular formula is C18H16N4O5. The number of nitrogens with zero attached hydrogens (tertiary/aromatic N) is 2. The summed E-state index contributed by atoms with van der Waals surface area (Å²) < 4.78 is 5.13. The van der Waals surface area contributed by atoms with E-state index in [2.05, 4.69) is 10.6 Å². The molecule has 1 atom stereocenters. The largest absolute Gasteiger partial charge is 0.449 e. The molecule has 0 aliphatic carbocycles. The Bertz CT molecular complexity index is 918. The van der Waals surface area contributed by atoms with Crippen LogP contribution in [0.25, 0.3) is 0 Å². The van der Waals surface area contributed by atoms with Crippen molar-refractivity contribution in [1.82, 2.24) is 0 Å². The highest BCUT2D eigenvalue weighted by Crippen LogP contribution is 2.23. The van der Waals surface area contributed by atoms with Gasteiger partial charge < -0.3 is 15.4 Å². The van der Waals surface area contributed by atoms with Crippen LogP contribution in [0.1, 0.15) is 22.8 Å². The van der Waals surface area contributed by atoms with Gasteiger partial charge >= 0.3 is 5.97 Å². The summed E-state index contributed by atoms with van der Waals surface area (Å²) in [5.74, 6) is -1.45. The van der Waals surface area contributed by atoms with Crippen molar-refractivity contribution in [2.75, 3.05) is 17.7 Å². The number of amides is 1. The lowest BCUT2D eigenvalue weighted by Gasteiger charge is -2.15. The summed E-state index contributed by atoms with van der Waals surface area (Å²) in [5, 5.41) is 25.0. The van der Waals surface area contributed by atoms with Gasteiger partial charge in [0.25, 0.3) is 11.6 Å². The van der Waals surface area contributed by atoms with Crippen molar-refractivity contribution in [3.8, 4) is 6.07 Å². The topological polar surface area (TPSA) is 134 Å². The number of ether oxygens (including phenoxy) is 1. The summed E-state index contributed by atoms with van der Waals surface area (Å²) in [6.07, 6.45) is -1.14. The molecule has 2 aromatic carbocycles. The Morgan fingerprint density at radius 2 is 1.89 bits per heavy atom. The molecule has 2 N–H and O–H groups in total. The predicted octanol–water partition coefficient (Wildman–Crippen LogP) is 2.69. The molecule has 1 amide bonds. The lowest BCUT2D eigenvalue weighted by Crippen LogP contribution is -2.30. The number of hydrogen-bond acceptors (Lipinski definition) is 7. The molecule has 0 radical (unpaired) electrons. The second-order valence-electron chi connectivity index (χ2n) is 5.46. The van der Waals surface area contributed by atoms with Gasteiger partial charge in [-0.2, -0.15) is 5.26 Å². The van der Waals surface area contributed by atoms with E-state index >= 15 is 0 Å². The fourth-order valence-corrected chi connectivity index (χ4v) is 2.18. The number of non-ortho nitro benzene ring substituents is 1. The van der Waals surface area contributed by atoms with Gasteiger partial charge in [0.05, 0.1) is 22.1 Å². The molecule has 0 heterocycles. The van der Waals surface area contributed by atoms with Crippen molar-refractivity contribution in [2.24, 2.45) is 0 Å². The third-order valence-electron chi connectivity index (χ3n) is 3.64. The lowest BCUT2D eigenvalue weighted by molar-refractivity contribution is -0.384. The van der Waals surface area contributed by atoms with Gasteiger partial charge in [-0.1, -0.05) is 0 Å². The molecule has 2 aromatic rings. The number of carbonyl (C=O) groups is 2. The molecule has 0 aliphatic rings. The summed E-state index contributed by atoms with van der Waals surface area (Å²) in [7, 11) is 1.55. The second-order valence-corrected chi connectivity index (χ2v) is 5.46. The number of nitro benzene ring substituents is 1. The smallest absolute Gasteiger partial charge is 0.341 e. The first kappa shape index (κ1) is 19.4. The fourth-order valence-electron chi connectivity index (χ4n) is 2.18. The maximum Gasteiger partial charge on any atom is 0.341 e. The maximum atomic E-state index is 12.3. The summed E-state index contributed by atoms with van der Waals surface area (Å²) >= 11 is 0. The summed E-state index contributed by atoms with van der Waals surface area (Å²) in [5.41, 5.74) is 0.900. The zero-order valence-electron chi connectivity index (χ0n) is 14.6. The molecule has 9 nitrogen and oxygen atoms in total. The molecule has 0 saturated carbocycles. The van der Waals surface area contributed by atoms with E-state index in [1.807, 2.05) is 6.07 Å². The molecule has 0 aromatic heterocycles. The molecule has 0 saturated heterocycles. The molecule has 2 rings (SSSR count). The van der Waals surface area contributed by atoms with E-state index in [0.29, 0.717) is 16.9 Å². The highest BCUT2D eigenvalue weighted by Gasteiger charge is 2.23. The SMILES string of the molecule is CNc1ccc([N+](=O)[O-])cc1C(=O)O[C@@H](C)C(=O)Nc1ccc(C#N)cc1. The van der Waals surface area contributed by atoms with Gasteiger partial charge in [-0.05, 0) is 37.3 Å². The van der Waals surface area contributed by atoms with Crippen molar-refractivity contribution in [3.63, 3.8) is 0 Å². The van der Waals surface area contributed by atoms with Crippen LogP contribution in [-0.4, -0.2) is 30.0 Å². The molecule has 0 spiro atoms. The van der Waals surface area contributed by atoms with Gasteiger partial charge in [0.2, 0.25) is 0 Å². The molecule has 9 heteroatoms. The quantitative estimate of drug-likeness (QED) is 0.455. The Balaban J connectivity index is 2.10. The van der Waals surface area contributed by atoms with Crippen LogP contribution >= 0.6 is 0 Å². The molecular weight excluding hydrogens is 352 g/mol. The minimum absolute atomic E-state index is 0.0512. The number of nitro groups is 1. The van der Waals surface area contributed by atoms with Crippen LogP contribution in [0.2, 0.25) is 0 Å². The highest BCUT2D eigenvalue weighted by atomic mass is 16.6. The Morgan fingerprint density at radius 3 is 2.44 bits per heavy atom. The summed E-state index contributed by atoms with van der Waals surface area (Å²) in [4.78, 5) is 34.8. The number of nitriles is 1. The number of rotatable bonds is 6. The van der Waals surface area contributed by atoms with Gasteiger partial charge in [0.15, 0.2) is 6.10 Å². The van der Waals surface area contributed by atoms with Gasteiger partial charge in [-0.25, -0.2) is 4.79 Å². The van der Waals surface area contributed by atoms with E-state index in [9.17, 15) is 19.7 Å². The zero-order chi connectivity index (χ0) is 20.0. The Labute approximate surface area is 154 Å². The average Bonchev–Trinajstić information content (AvgIpc) is 2.67. The highest BCUT2D eigenvalue weighted by molar-refractivity contribution is 6.00. The van der Waals surface area contributed by atoms with Gasteiger partial charge in [0.1, 0.15) is 0 Å². The van der Waals surface area contributed by atoms with E-state index in [-0.39, 0.29) is 11.3 Å². The summed E-state index contributed by atoms with van der Waals surface area (Å²) in [6.45, 7) is 1.38. The number of esters is 1. The number of hydrogen-bond donors (Lipinski definition) is 2.